The molecule has 8 nitrogen and oxygen atoms in total. The van der Waals surface area contributed by atoms with Crippen molar-refractivity contribution in [2.75, 3.05) is 11.5 Å². The minimum atomic E-state index is -1.08. The highest BCUT2D eigenvalue weighted by Crippen LogP contribution is 2.35. The Bertz CT molecular complexity index is 1310. The first kappa shape index (κ1) is 25.6. The van der Waals surface area contributed by atoms with Crippen LogP contribution in [0.15, 0.2) is 65.1 Å². The molecule has 0 saturated heterocycles. The number of carbonyl (C=O) groups excluding carboxylic acids is 3. The van der Waals surface area contributed by atoms with Gasteiger partial charge in [0.05, 0.1) is 0 Å². The molecule has 1 aliphatic carbocycles. The topological polar surface area (TPSA) is 98.1 Å². The van der Waals surface area contributed by atoms with Gasteiger partial charge in [0.25, 0.3) is 11.8 Å². The summed E-state index contributed by atoms with van der Waals surface area (Å²) in [7, 11) is 0. The van der Waals surface area contributed by atoms with Gasteiger partial charge < -0.3 is 19.2 Å². The monoisotopic (exact) mass is 516 g/mol. The number of Topliss-reactive ketones (excluding diaryl/α,β-unsaturated/α-hetero) is 1. The van der Waals surface area contributed by atoms with E-state index in [0.717, 1.165) is 32.1 Å². The first-order valence-corrected chi connectivity index (χ1v) is 13.1. The SMILES string of the molecule is CC(=O)c1ccc(N(C(=O)C2COc3ccccc3O2)C(C(=O)NC2CCCCC2)c2ccc(C)o2)cc1. The Balaban J connectivity index is 1.54. The average molecular weight is 517 g/mol. The molecule has 2 aromatic carbocycles. The summed E-state index contributed by atoms with van der Waals surface area (Å²) in [5, 5.41) is 3.16. The molecule has 0 bridgehead atoms. The molecule has 1 fully saturated rings. The first-order valence-electron chi connectivity index (χ1n) is 13.1. The van der Waals surface area contributed by atoms with E-state index in [4.69, 9.17) is 13.9 Å². The molecule has 2 heterocycles. The zero-order valence-electron chi connectivity index (χ0n) is 21.6. The summed E-state index contributed by atoms with van der Waals surface area (Å²) >= 11 is 0. The number of carbonyl (C=O) groups is 3. The number of fused-ring (bicyclic) bond motifs is 1. The van der Waals surface area contributed by atoms with Gasteiger partial charge in [0, 0.05) is 17.3 Å². The largest absolute Gasteiger partial charge is 0.485 e. The molecule has 198 valence electrons. The third kappa shape index (κ3) is 5.44. The second-order valence-corrected chi connectivity index (χ2v) is 9.87. The smallest absolute Gasteiger partial charge is 0.272 e. The van der Waals surface area contributed by atoms with Gasteiger partial charge in [0.1, 0.15) is 18.1 Å². The van der Waals surface area contributed by atoms with Gasteiger partial charge in [0.2, 0.25) is 6.10 Å². The summed E-state index contributed by atoms with van der Waals surface area (Å²) in [6.07, 6.45) is 4.06. The maximum absolute atomic E-state index is 14.2. The van der Waals surface area contributed by atoms with Crippen LogP contribution in [0.1, 0.15) is 66.9 Å². The number of furan rings is 1. The van der Waals surface area contributed by atoms with E-state index in [1.165, 1.54) is 11.8 Å². The number of aryl methyl sites for hydroxylation is 1. The number of anilines is 1. The zero-order chi connectivity index (χ0) is 26.6. The fraction of sp³-hybridized carbons (Fsp3) is 0.367. The molecule has 1 saturated carbocycles. The standard InChI is InChI=1S/C30H32N2O6/c1-19-12-17-26(37-19)28(29(34)31-22-8-4-3-5-9-22)32(23-15-13-21(14-16-23)20(2)33)30(35)27-18-36-24-10-6-7-11-25(24)38-27/h6-7,10-17,22,27-28H,3-5,8-9,18H2,1-2H3,(H,31,34). The van der Waals surface area contributed by atoms with Gasteiger partial charge in [-0.2, -0.15) is 0 Å². The van der Waals surface area contributed by atoms with Crippen molar-refractivity contribution in [2.45, 2.75) is 64.1 Å². The van der Waals surface area contributed by atoms with E-state index in [2.05, 4.69) is 5.32 Å². The van der Waals surface area contributed by atoms with Crippen LogP contribution in [0.25, 0.3) is 0 Å². The summed E-state index contributed by atoms with van der Waals surface area (Å²) in [6, 6.07) is 16.2. The summed E-state index contributed by atoms with van der Waals surface area (Å²) < 4.78 is 17.8. The van der Waals surface area contributed by atoms with Gasteiger partial charge in [-0.25, -0.2) is 0 Å². The maximum Gasteiger partial charge on any atom is 0.272 e. The minimum Gasteiger partial charge on any atom is -0.485 e. The Hall–Kier alpha value is -4.07. The van der Waals surface area contributed by atoms with Gasteiger partial charge in [-0.15, -0.1) is 0 Å². The predicted molar refractivity (Wildman–Crippen MR) is 141 cm³/mol. The Labute approximate surface area is 221 Å². The molecular weight excluding hydrogens is 484 g/mol. The molecule has 38 heavy (non-hydrogen) atoms. The van der Waals surface area contributed by atoms with Crippen molar-refractivity contribution in [2.24, 2.45) is 0 Å². The highest BCUT2D eigenvalue weighted by atomic mass is 16.6. The third-order valence-corrected chi connectivity index (χ3v) is 7.06. The molecule has 0 radical (unpaired) electrons. The van der Waals surface area contributed by atoms with Crippen LogP contribution in [0.3, 0.4) is 0 Å². The van der Waals surface area contributed by atoms with E-state index in [-0.39, 0.29) is 24.3 Å². The molecule has 5 rings (SSSR count). The van der Waals surface area contributed by atoms with Crippen LogP contribution in [0.4, 0.5) is 5.69 Å². The van der Waals surface area contributed by atoms with Crippen LogP contribution in [-0.2, 0) is 9.59 Å². The molecular formula is C30H32N2O6. The molecule has 1 aliphatic heterocycles. The Morgan fingerprint density at radius 3 is 2.29 bits per heavy atom. The Morgan fingerprint density at radius 2 is 1.63 bits per heavy atom. The molecule has 1 aromatic heterocycles. The van der Waals surface area contributed by atoms with Crippen molar-refractivity contribution < 1.29 is 28.3 Å². The van der Waals surface area contributed by atoms with E-state index >= 15 is 0 Å². The summed E-state index contributed by atoms with van der Waals surface area (Å²) in [4.78, 5) is 41.4. The van der Waals surface area contributed by atoms with Crippen molar-refractivity contribution in [1.29, 1.82) is 0 Å². The van der Waals surface area contributed by atoms with Crippen LogP contribution in [0.2, 0.25) is 0 Å². The second-order valence-electron chi connectivity index (χ2n) is 9.87. The van der Waals surface area contributed by atoms with Crippen LogP contribution in [0.5, 0.6) is 11.5 Å². The lowest BCUT2D eigenvalue weighted by atomic mass is 9.95. The van der Waals surface area contributed by atoms with Crippen LogP contribution < -0.4 is 19.7 Å². The van der Waals surface area contributed by atoms with Crippen molar-refractivity contribution in [3.8, 4) is 11.5 Å². The van der Waals surface area contributed by atoms with Gasteiger partial charge >= 0.3 is 0 Å². The van der Waals surface area contributed by atoms with Crippen molar-refractivity contribution >= 4 is 23.3 Å². The molecule has 8 heteroatoms. The Morgan fingerprint density at radius 1 is 0.921 bits per heavy atom. The number of nitrogens with one attached hydrogen (secondary N) is 1. The number of ketones is 1. The number of rotatable bonds is 7. The fourth-order valence-electron chi connectivity index (χ4n) is 5.06. The zero-order valence-corrected chi connectivity index (χ0v) is 21.6. The van der Waals surface area contributed by atoms with E-state index in [9.17, 15) is 14.4 Å². The molecule has 0 spiro atoms. The first-order chi connectivity index (χ1) is 18.4. The minimum absolute atomic E-state index is 0.00791. The van der Waals surface area contributed by atoms with Crippen LogP contribution >= 0.6 is 0 Å². The van der Waals surface area contributed by atoms with Crippen molar-refractivity contribution in [1.82, 2.24) is 5.32 Å². The fourth-order valence-corrected chi connectivity index (χ4v) is 5.06. The number of hydrogen-bond acceptors (Lipinski definition) is 6. The molecule has 2 amide bonds. The van der Waals surface area contributed by atoms with Gasteiger partial charge in [0.15, 0.2) is 23.3 Å². The highest BCUT2D eigenvalue weighted by molar-refractivity contribution is 6.04. The van der Waals surface area contributed by atoms with Crippen molar-refractivity contribution in [3.63, 3.8) is 0 Å². The van der Waals surface area contributed by atoms with E-state index in [1.807, 2.05) is 6.07 Å². The molecule has 3 aromatic rings. The van der Waals surface area contributed by atoms with Crippen molar-refractivity contribution in [3.05, 3.63) is 77.7 Å². The lowest BCUT2D eigenvalue weighted by Crippen LogP contribution is -2.52. The summed E-state index contributed by atoms with van der Waals surface area (Å²) in [6.45, 7) is 3.27. The van der Waals surface area contributed by atoms with Crippen LogP contribution in [0, 0.1) is 6.92 Å². The number of amides is 2. The average Bonchev–Trinajstić information content (AvgIpc) is 3.37. The quantitative estimate of drug-likeness (QED) is 0.436. The van der Waals surface area contributed by atoms with Gasteiger partial charge in [-0.1, -0.05) is 31.4 Å². The Kier molecular flexibility index (Phi) is 7.49. The maximum atomic E-state index is 14.2. The number of hydrogen-bond donors (Lipinski definition) is 1. The van der Waals surface area contributed by atoms with Crippen LogP contribution in [-0.4, -0.2) is 36.4 Å². The molecule has 2 unspecified atom stereocenters. The molecule has 2 aliphatic rings. The van der Waals surface area contributed by atoms with E-state index in [0.29, 0.717) is 34.3 Å². The second kappa shape index (κ2) is 11.1. The lowest BCUT2D eigenvalue weighted by Gasteiger charge is -2.35. The third-order valence-electron chi connectivity index (χ3n) is 7.06. The normalized spacial score (nSPS) is 17.9. The predicted octanol–water partition coefficient (Wildman–Crippen LogP) is 5.15. The summed E-state index contributed by atoms with van der Waals surface area (Å²) in [5.41, 5.74) is 0.949. The van der Waals surface area contributed by atoms with E-state index < -0.39 is 18.1 Å². The number of nitrogens with zero attached hydrogens (tertiary/aromatic N) is 1. The number of para-hydroxylation sites is 2. The number of benzene rings is 2. The highest BCUT2D eigenvalue weighted by Gasteiger charge is 2.41. The van der Waals surface area contributed by atoms with E-state index in [1.54, 1.807) is 61.5 Å². The molecule has 1 N–H and O–H groups in total. The molecule has 2 atom stereocenters. The van der Waals surface area contributed by atoms with Gasteiger partial charge in [-0.3, -0.25) is 19.3 Å². The number of ether oxygens (including phenoxy) is 2. The summed E-state index contributed by atoms with van der Waals surface area (Å²) in [5.74, 6) is 1.12. The lowest BCUT2D eigenvalue weighted by molar-refractivity contribution is -0.132. The van der Waals surface area contributed by atoms with Gasteiger partial charge in [-0.05, 0) is 75.2 Å².